The largest absolute Gasteiger partial charge is 0.504 e. The highest BCUT2D eigenvalue weighted by atomic mass is 16.5. The maximum atomic E-state index is 13.6. The van der Waals surface area contributed by atoms with Crippen molar-refractivity contribution < 1.29 is 29.6 Å². The molecule has 7 heteroatoms. The van der Waals surface area contributed by atoms with Gasteiger partial charge in [0.25, 0.3) is 0 Å². The number of methoxy groups -OCH3 is 1. The van der Waals surface area contributed by atoms with Gasteiger partial charge in [0.1, 0.15) is 11.2 Å². The molecule has 1 saturated heterocycles. The number of aromatic hydroxyl groups is 1. The third kappa shape index (κ3) is 5.89. The van der Waals surface area contributed by atoms with E-state index < -0.39 is 11.5 Å². The van der Waals surface area contributed by atoms with Gasteiger partial charge in [-0.25, -0.2) is 0 Å². The van der Waals surface area contributed by atoms with Gasteiger partial charge in [-0.1, -0.05) is 18.3 Å². The number of hydrogen-bond donors (Lipinski definition) is 4. The normalized spacial score (nSPS) is 34.6. The first-order chi connectivity index (χ1) is 18.8. The topological polar surface area (TPSA) is 116 Å². The number of hydrogen-bond acceptors (Lipinski definition) is 7. The third-order valence-corrected chi connectivity index (χ3v) is 9.99. The van der Waals surface area contributed by atoms with E-state index in [4.69, 9.17) is 4.74 Å². The number of aliphatic hydroxyl groups is 2. The third-order valence-electron chi connectivity index (χ3n) is 9.99. The maximum absolute atomic E-state index is 13.6. The maximum Gasteiger partial charge on any atom is 0.160 e. The molecular formula is C32H43NO6. The minimum absolute atomic E-state index is 0.0158. The number of ketones is 2. The highest BCUT2D eigenvalue weighted by molar-refractivity contribution is 5.89. The van der Waals surface area contributed by atoms with Crippen LogP contribution in [-0.2, 0) is 16.0 Å². The zero-order valence-electron chi connectivity index (χ0n) is 23.1. The zero-order valence-corrected chi connectivity index (χ0v) is 23.1. The Kier molecular flexibility index (Phi) is 8.66. The molecule has 2 saturated carbocycles. The molecule has 7 atom stereocenters. The lowest BCUT2D eigenvalue weighted by Gasteiger charge is -2.42. The lowest BCUT2D eigenvalue weighted by Crippen LogP contribution is -2.49. The number of phenols is 1. The van der Waals surface area contributed by atoms with Crippen molar-refractivity contribution in [3.8, 4) is 23.3 Å². The fraction of sp³-hybridized carbons (Fsp3) is 0.688. The van der Waals surface area contributed by atoms with E-state index in [9.17, 15) is 24.9 Å². The van der Waals surface area contributed by atoms with Crippen LogP contribution in [0.4, 0.5) is 0 Å². The molecule has 1 aromatic rings. The van der Waals surface area contributed by atoms with Crippen LogP contribution in [0, 0.1) is 35.0 Å². The highest BCUT2D eigenvalue weighted by Gasteiger charge is 2.47. The molecular weight excluding hydrogens is 494 g/mol. The average Bonchev–Trinajstić information content (AvgIpc) is 2.98. The molecule has 0 amide bonds. The number of Topliss-reactive ketones (excluding diaryl/α,β-unsaturated/α-hetero) is 2. The molecule has 0 unspecified atom stereocenters. The summed E-state index contributed by atoms with van der Waals surface area (Å²) in [7, 11) is 1.50. The quantitative estimate of drug-likeness (QED) is 0.409. The van der Waals surface area contributed by atoms with Crippen molar-refractivity contribution in [2.75, 3.05) is 20.3 Å². The second kappa shape index (κ2) is 12.0. The van der Waals surface area contributed by atoms with Crippen molar-refractivity contribution in [3.05, 3.63) is 23.3 Å². The lowest BCUT2D eigenvalue weighted by atomic mass is 9.64. The number of nitrogens with one attached hydrogen (secondary N) is 1. The molecule has 0 radical (unpaired) electrons. The van der Waals surface area contributed by atoms with Crippen LogP contribution in [0.25, 0.3) is 0 Å². The SMILES string of the molecule is COc1cc2c(cc1O)[C@@H](CCO)C#C[C@]1(CC[C@H](CC[C@H]3CN[C@@H]4CC(=O)CC[C@H]4C3)C[C@H]1O)C(=O)CC2. The average molecular weight is 538 g/mol. The van der Waals surface area contributed by atoms with Crippen LogP contribution >= 0.6 is 0 Å². The Bertz CT molecular complexity index is 1140. The first-order valence-electron chi connectivity index (χ1n) is 14.8. The van der Waals surface area contributed by atoms with Gasteiger partial charge in [0, 0.05) is 37.8 Å². The van der Waals surface area contributed by atoms with E-state index >= 15 is 0 Å². The lowest BCUT2D eigenvalue weighted by molar-refractivity contribution is -0.134. The van der Waals surface area contributed by atoms with Gasteiger partial charge < -0.3 is 25.4 Å². The summed E-state index contributed by atoms with van der Waals surface area (Å²) in [4.78, 5) is 25.4. The van der Waals surface area contributed by atoms with Crippen molar-refractivity contribution in [2.45, 2.75) is 95.1 Å². The second-order valence-corrected chi connectivity index (χ2v) is 12.3. The van der Waals surface area contributed by atoms with Crippen molar-refractivity contribution in [1.29, 1.82) is 0 Å². The van der Waals surface area contributed by atoms with Gasteiger partial charge in [0.05, 0.1) is 13.2 Å². The summed E-state index contributed by atoms with van der Waals surface area (Å²) >= 11 is 0. The highest BCUT2D eigenvalue weighted by Crippen LogP contribution is 2.45. The van der Waals surface area contributed by atoms with E-state index in [1.54, 1.807) is 12.1 Å². The number of piperidine rings is 1. The number of phenolic OH excluding ortho intramolecular Hbond substituents is 1. The Balaban J connectivity index is 1.26. The monoisotopic (exact) mass is 537 g/mol. The van der Waals surface area contributed by atoms with Gasteiger partial charge in [-0.05, 0) is 98.9 Å². The number of carbonyl (C=O) groups excluding carboxylic acids is 2. The fourth-order valence-corrected chi connectivity index (χ4v) is 7.59. The summed E-state index contributed by atoms with van der Waals surface area (Å²) in [6.07, 6.45) is 8.04. The first-order valence-corrected chi connectivity index (χ1v) is 14.8. The standard InChI is InChI=1S/C32H43NO6/c1-39-29-16-23-5-7-30(37)32(12-9-22(10-13-34)26(23)18-28(29)36)11-8-20(15-31(32)38)2-3-21-14-24-4-6-25(35)17-27(24)33-19-21/h16,18,20-22,24,27,31,33-34,36,38H,2-8,10-11,13-15,17,19H2,1H3/t20-,21+,22+,24-,27+,31+,32+/m0/s1. The molecule has 1 spiro atoms. The predicted octanol–water partition coefficient (Wildman–Crippen LogP) is 3.66. The first kappa shape index (κ1) is 28.1. The van der Waals surface area contributed by atoms with Crippen molar-refractivity contribution in [1.82, 2.24) is 5.32 Å². The van der Waals surface area contributed by atoms with E-state index in [0.29, 0.717) is 67.4 Å². The van der Waals surface area contributed by atoms with Crippen molar-refractivity contribution in [3.63, 3.8) is 0 Å². The summed E-state index contributed by atoms with van der Waals surface area (Å²) in [5, 5.41) is 35.2. The van der Waals surface area contributed by atoms with Crippen molar-refractivity contribution >= 4 is 11.6 Å². The Morgan fingerprint density at radius 2 is 1.90 bits per heavy atom. The van der Waals surface area contributed by atoms with Crippen LogP contribution in [0.2, 0.25) is 0 Å². The molecule has 4 N–H and O–H groups in total. The van der Waals surface area contributed by atoms with Crippen LogP contribution < -0.4 is 10.1 Å². The number of rotatable bonds is 6. The summed E-state index contributed by atoms with van der Waals surface area (Å²) in [5.74, 6) is 8.48. The van der Waals surface area contributed by atoms with Crippen LogP contribution in [0.1, 0.15) is 87.7 Å². The van der Waals surface area contributed by atoms with E-state index in [2.05, 4.69) is 17.2 Å². The molecule has 1 aromatic carbocycles. The molecule has 4 aliphatic rings. The summed E-state index contributed by atoms with van der Waals surface area (Å²) < 4.78 is 5.29. The number of aryl methyl sites for hydroxylation is 1. The molecule has 212 valence electrons. The van der Waals surface area contributed by atoms with Gasteiger partial charge >= 0.3 is 0 Å². The summed E-state index contributed by atoms with van der Waals surface area (Å²) in [6.45, 7) is 0.899. The van der Waals surface area contributed by atoms with Crippen LogP contribution in [-0.4, -0.2) is 59.3 Å². The van der Waals surface area contributed by atoms with Crippen LogP contribution in [0.5, 0.6) is 11.5 Å². The van der Waals surface area contributed by atoms with Gasteiger partial charge in [0.15, 0.2) is 17.3 Å². The molecule has 0 bridgehead atoms. The molecule has 1 aliphatic heterocycles. The molecule has 1 heterocycles. The predicted molar refractivity (Wildman–Crippen MR) is 147 cm³/mol. The molecule has 5 rings (SSSR count). The molecule has 0 aromatic heterocycles. The Morgan fingerprint density at radius 1 is 1.08 bits per heavy atom. The number of fused-ring (bicyclic) bond motifs is 2. The van der Waals surface area contributed by atoms with E-state index in [1.807, 2.05) is 0 Å². The number of benzene rings is 1. The van der Waals surface area contributed by atoms with Crippen molar-refractivity contribution in [2.24, 2.45) is 23.2 Å². The van der Waals surface area contributed by atoms with Crippen LogP contribution in [0.15, 0.2) is 12.1 Å². The van der Waals surface area contributed by atoms with Gasteiger partial charge in [-0.15, -0.1) is 0 Å². The number of aliphatic hydroxyl groups excluding tert-OH is 2. The summed E-state index contributed by atoms with van der Waals surface area (Å²) in [6, 6.07) is 3.77. The fourth-order valence-electron chi connectivity index (χ4n) is 7.59. The molecule has 3 aliphatic carbocycles. The Hall–Kier alpha value is -2.40. The zero-order chi connectivity index (χ0) is 27.6. The second-order valence-electron chi connectivity index (χ2n) is 12.3. The number of ether oxygens (including phenoxy) is 1. The number of carbonyl (C=O) groups is 2. The Labute approximate surface area is 231 Å². The van der Waals surface area contributed by atoms with Gasteiger partial charge in [-0.3, -0.25) is 9.59 Å². The van der Waals surface area contributed by atoms with Gasteiger partial charge in [0.2, 0.25) is 0 Å². The molecule has 39 heavy (non-hydrogen) atoms. The minimum atomic E-state index is -1.08. The van der Waals surface area contributed by atoms with E-state index in [1.165, 1.54) is 13.5 Å². The van der Waals surface area contributed by atoms with E-state index in [-0.39, 0.29) is 30.5 Å². The van der Waals surface area contributed by atoms with E-state index in [0.717, 1.165) is 49.8 Å². The summed E-state index contributed by atoms with van der Waals surface area (Å²) in [5.41, 5.74) is 0.622. The smallest absolute Gasteiger partial charge is 0.160 e. The minimum Gasteiger partial charge on any atom is -0.504 e. The Morgan fingerprint density at radius 3 is 2.67 bits per heavy atom. The molecule has 3 fully saturated rings. The molecule has 7 nitrogen and oxygen atoms in total. The van der Waals surface area contributed by atoms with Crippen LogP contribution in [0.3, 0.4) is 0 Å². The van der Waals surface area contributed by atoms with Gasteiger partial charge in [-0.2, -0.15) is 0 Å².